The molecule has 1 fully saturated rings. The summed E-state index contributed by atoms with van der Waals surface area (Å²) in [5, 5.41) is 21.3. The molecular formula is C13H18N6O2. The van der Waals surface area contributed by atoms with Crippen LogP contribution in [0.1, 0.15) is 32.1 Å². The van der Waals surface area contributed by atoms with Gasteiger partial charge in [0, 0.05) is 13.2 Å². The Balaban J connectivity index is 1.91. The summed E-state index contributed by atoms with van der Waals surface area (Å²) in [5.74, 6) is -0.244. The number of tetrazole rings is 1. The molecule has 0 radical (unpaired) electrons. The zero-order valence-corrected chi connectivity index (χ0v) is 11.9. The second-order valence-corrected chi connectivity index (χ2v) is 5.73. The van der Waals surface area contributed by atoms with Crippen molar-refractivity contribution >= 4 is 5.97 Å². The van der Waals surface area contributed by atoms with Crippen molar-refractivity contribution in [2.24, 2.45) is 12.5 Å². The van der Waals surface area contributed by atoms with E-state index in [1.54, 1.807) is 11.0 Å². The zero-order valence-electron chi connectivity index (χ0n) is 11.9. The predicted octanol–water partition coefficient (Wildman–Crippen LogP) is 1.11. The maximum atomic E-state index is 11.8. The van der Waals surface area contributed by atoms with Crippen molar-refractivity contribution in [3.8, 4) is 11.5 Å². The van der Waals surface area contributed by atoms with Gasteiger partial charge in [-0.3, -0.25) is 4.79 Å². The summed E-state index contributed by atoms with van der Waals surface area (Å²) < 4.78 is 3.38. The number of hydrogen-bond donors (Lipinski definition) is 1. The van der Waals surface area contributed by atoms with E-state index >= 15 is 0 Å². The number of carbonyl (C=O) groups is 1. The summed E-state index contributed by atoms with van der Waals surface area (Å²) in [6.45, 7) is 0.293. The molecule has 0 atom stereocenters. The van der Waals surface area contributed by atoms with Crippen molar-refractivity contribution in [2.45, 2.75) is 38.6 Å². The quantitative estimate of drug-likeness (QED) is 0.905. The van der Waals surface area contributed by atoms with Gasteiger partial charge in [0.1, 0.15) is 5.69 Å². The van der Waals surface area contributed by atoms with Gasteiger partial charge in [-0.1, -0.05) is 19.3 Å². The number of aromatic nitrogens is 6. The topological polar surface area (TPSA) is 98.7 Å². The van der Waals surface area contributed by atoms with Crippen molar-refractivity contribution in [2.75, 3.05) is 0 Å². The molecule has 8 nitrogen and oxygen atoms in total. The van der Waals surface area contributed by atoms with Crippen LogP contribution < -0.4 is 0 Å². The second-order valence-electron chi connectivity index (χ2n) is 5.73. The summed E-state index contributed by atoms with van der Waals surface area (Å²) in [7, 11) is 1.87. The van der Waals surface area contributed by atoms with E-state index in [1.807, 2.05) is 17.8 Å². The van der Waals surface area contributed by atoms with E-state index in [4.69, 9.17) is 0 Å². The zero-order chi connectivity index (χ0) is 14.9. The summed E-state index contributed by atoms with van der Waals surface area (Å²) in [6.07, 6.45) is 7.80. The Bertz CT molecular complexity index is 641. The number of rotatable bonds is 4. The first-order valence-corrected chi connectivity index (χ1v) is 7.09. The Morgan fingerprint density at radius 1 is 1.38 bits per heavy atom. The molecule has 0 aromatic carbocycles. The maximum Gasteiger partial charge on any atom is 0.311 e. The highest BCUT2D eigenvalue weighted by atomic mass is 16.4. The average Bonchev–Trinajstić information content (AvgIpc) is 3.08. The molecular weight excluding hydrogens is 272 g/mol. The summed E-state index contributed by atoms with van der Waals surface area (Å²) in [5.41, 5.74) is -0.115. The summed E-state index contributed by atoms with van der Waals surface area (Å²) in [6, 6.07) is 0. The molecule has 0 amide bonds. The number of nitrogens with zero attached hydrogens (tertiary/aromatic N) is 6. The van der Waals surface area contributed by atoms with Gasteiger partial charge in [-0.2, -0.15) is 0 Å². The number of aliphatic carboxylic acids is 1. The predicted molar refractivity (Wildman–Crippen MR) is 73.2 cm³/mol. The lowest BCUT2D eigenvalue weighted by atomic mass is 9.74. The first kappa shape index (κ1) is 13.7. The lowest BCUT2D eigenvalue weighted by molar-refractivity contribution is -0.152. The highest BCUT2D eigenvalue weighted by Crippen LogP contribution is 2.38. The third-order valence-corrected chi connectivity index (χ3v) is 4.18. The molecule has 3 rings (SSSR count). The minimum absolute atomic E-state index is 0.293. The highest BCUT2D eigenvalue weighted by Gasteiger charge is 2.41. The molecule has 2 heterocycles. The third-order valence-electron chi connectivity index (χ3n) is 4.18. The lowest BCUT2D eigenvalue weighted by Crippen LogP contribution is -2.38. The summed E-state index contributed by atoms with van der Waals surface area (Å²) >= 11 is 0. The fraction of sp³-hybridized carbons (Fsp3) is 0.615. The van der Waals surface area contributed by atoms with Gasteiger partial charge in [0.05, 0.1) is 18.3 Å². The van der Waals surface area contributed by atoms with Gasteiger partial charge < -0.3 is 9.67 Å². The molecule has 0 saturated heterocycles. The van der Waals surface area contributed by atoms with Crippen LogP contribution in [0.5, 0.6) is 0 Å². The van der Waals surface area contributed by atoms with E-state index in [1.165, 1.54) is 0 Å². The fourth-order valence-corrected chi connectivity index (χ4v) is 2.98. The highest BCUT2D eigenvalue weighted by molar-refractivity contribution is 5.74. The van der Waals surface area contributed by atoms with E-state index in [2.05, 4.69) is 20.5 Å². The van der Waals surface area contributed by atoms with E-state index in [0.717, 1.165) is 19.3 Å². The number of carboxylic acid groups (broad SMARTS) is 1. The van der Waals surface area contributed by atoms with Crippen LogP contribution in [0, 0.1) is 5.41 Å². The van der Waals surface area contributed by atoms with E-state index < -0.39 is 11.4 Å². The molecule has 21 heavy (non-hydrogen) atoms. The third kappa shape index (κ3) is 2.53. The van der Waals surface area contributed by atoms with Crippen LogP contribution in [0.3, 0.4) is 0 Å². The van der Waals surface area contributed by atoms with Gasteiger partial charge >= 0.3 is 5.97 Å². The molecule has 0 spiro atoms. The largest absolute Gasteiger partial charge is 0.481 e. The minimum atomic E-state index is -0.767. The van der Waals surface area contributed by atoms with Crippen molar-refractivity contribution < 1.29 is 9.90 Å². The molecule has 1 aliphatic carbocycles. The monoisotopic (exact) mass is 290 g/mol. The Kier molecular flexibility index (Phi) is 3.44. The molecule has 8 heteroatoms. The lowest BCUT2D eigenvalue weighted by Gasteiger charge is -2.32. The molecule has 1 N–H and O–H groups in total. The number of aryl methyl sites for hydroxylation is 1. The molecule has 0 unspecified atom stereocenters. The second kappa shape index (κ2) is 5.27. The fourth-order valence-electron chi connectivity index (χ4n) is 2.98. The first-order valence-electron chi connectivity index (χ1n) is 7.09. The van der Waals surface area contributed by atoms with Crippen molar-refractivity contribution in [3.05, 3.63) is 12.5 Å². The van der Waals surface area contributed by atoms with Crippen molar-refractivity contribution in [1.29, 1.82) is 0 Å². The summed E-state index contributed by atoms with van der Waals surface area (Å²) in [4.78, 5) is 16.0. The van der Waals surface area contributed by atoms with E-state index in [0.29, 0.717) is 30.9 Å². The molecule has 0 bridgehead atoms. The Morgan fingerprint density at radius 3 is 2.76 bits per heavy atom. The number of carboxylic acids is 1. The molecule has 112 valence electrons. The van der Waals surface area contributed by atoms with Crippen LogP contribution in [0.15, 0.2) is 12.5 Å². The van der Waals surface area contributed by atoms with Crippen LogP contribution in [-0.4, -0.2) is 40.8 Å². The number of imidazole rings is 1. The van der Waals surface area contributed by atoms with Gasteiger partial charge in [0.15, 0.2) is 0 Å². The van der Waals surface area contributed by atoms with Crippen LogP contribution in [0.25, 0.3) is 11.5 Å². The SMILES string of the molecule is Cn1cnc(-c2nnnn2CC2(C(=O)O)CCCCC2)c1. The van der Waals surface area contributed by atoms with Gasteiger partial charge in [-0.15, -0.1) is 5.10 Å². The Morgan fingerprint density at radius 2 is 2.14 bits per heavy atom. The minimum Gasteiger partial charge on any atom is -0.481 e. The number of hydrogen-bond acceptors (Lipinski definition) is 5. The average molecular weight is 290 g/mol. The first-order chi connectivity index (χ1) is 10.1. The van der Waals surface area contributed by atoms with Crippen LogP contribution in [-0.2, 0) is 18.4 Å². The van der Waals surface area contributed by atoms with Gasteiger partial charge in [-0.05, 0) is 23.3 Å². The van der Waals surface area contributed by atoms with Gasteiger partial charge in [0.25, 0.3) is 0 Å². The van der Waals surface area contributed by atoms with E-state index in [-0.39, 0.29) is 0 Å². The van der Waals surface area contributed by atoms with Crippen molar-refractivity contribution in [3.63, 3.8) is 0 Å². The molecule has 2 aromatic heterocycles. The standard InChI is InChI=1S/C13H18N6O2/c1-18-7-10(14-9-18)11-15-16-17-19(11)8-13(12(20)21)5-3-2-4-6-13/h7,9H,2-6,8H2,1H3,(H,20,21). The van der Waals surface area contributed by atoms with Crippen LogP contribution in [0.4, 0.5) is 0 Å². The van der Waals surface area contributed by atoms with Crippen LogP contribution in [0.2, 0.25) is 0 Å². The smallest absolute Gasteiger partial charge is 0.311 e. The molecule has 1 saturated carbocycles. The van der Waals surface area contributed by atoms with Crippen molar-refractivity contribution in [1.82, 2.24) is 29.8 Å². The molecule has 0 aliphatic heterocycles. The Labute approximate surface area is 121 Å². The normalized spacial score (nSPS) is 17.8. The van der Waals surface area contributed by atoms with E-state index in [9.17, 15) is 9.90 Å². The van der Waals surface area contributed by atoms with Gasteiger partial charge in [0.2, 0.25) is 5.82 Å². The molecule has 1 aliphatic rings. The van der Waals surface area contributed by atoms with Crippen LogP contribution >= 0.6 is 0 Å². The maximum absolute atomic E-state index is 11.8. The Hall–Kier alpha value is -2.25. The van der Waals surface area contributed by atoms with Gasteiger partial charge in [-0.25, -0.2) is 9.67 Å². The molecule has 2 aromatic rings.